The van der Waals surface area contributed by atoms with Gasteiger partial charge in [0, 0.05) is 30.7 Å². The van der Waals surface area contributed by atoms with E-state index in [1.54, 1.807) is 6.20 Å². The van der Waals surface area contributed by atoms with Crippen LogP contribution in [-0.2, 0) is 0 Å². The lowest BCUT2D eigenvalue weighted by Crippen LogP contribution is -2.23. The van der Waals surface area contributed by atoms with Gasteiger partial charge in [-0.2, -0.15) is 0 Å². The first-order valence-electron chi connectivity index (χ1n) is 5.54. The van der Waals surface area contributed by atoms with Gasteiger partial charge in [0.05, 0.1) is 12.1 Å². The minimum Gasteiger partial charge on any atom is -0.492 e. The molecule has 0 unspecified atom stereocenters. The molecule has 2 rings (SSSR count). The summed E-state index contributed by atoms with van der Waals surface area (Å²) in [6.07, 6.45) is 3.30. The van der Waals surface area contributed by atoms with Gasteiger partial charge >= 0.3 is 0 Å². The number of nitrogens with zero attached hydrogens (tertiary/aromatic N) is 2. The number of hydrogen-bond donors (Lipinski definition) is 2. The highest BCUT2D eigenvalue weighted by Gasteiger charge is 1.98. The average Bonchev–Trinajstić information content (AvgIpc) is 2.38. The van der Waals surface area contributed by atoms with E-state index in [4.69, 9.17) is 9.84 Å². The fourth-order valence-corrected chi connectivity index (χ4v) is 1.49. The Morgan fingerprint density at radius 3 is 3.12 bits per heavy atom. The monoisotopic (exact) mass is 233 g/mol. The highest BCUT2D eigenvalue weighted by atomic mass is 16.5. The molecule has 0 radical (unpaired) electrons. The molecule has 0 fully saturated rings. The summed E-state index contributed by atoms with van der Waals surface area (Å²) >= 11 is 0. The van der Waals surface area contributed by atoms with Crippen molar-refractivity contribution in [3.63, 3.8) is 0 Å². The molecule has 0 aliphatic heterocycles. The molecule has 0 amide bonds. The molecule has 0 aliphatic carbocycles. The van der Waals surface area contributed by atoms with Crippen molar-refractivity contribution in [1.82, 2.24) is 15.3 Å². The number of ether oxygens (including phenoxy) is 1. The van der Waals surface area contributed by atoms with Crippen molar-refractivity contribution in [2.45, 2.75) is 0 Å². The maximum absolute atomic E-state index is 8.58. The van der Waals surface area contributed by atoms with Crippen molar-refractivity contribution in [2.24, 2.45) is 0 Å². The Morgan fingerprint density at radius 1 is 1.29 bits per heavy atom. The van der Waals surface area contributed by atoms with Gasteiger partial charge in [0.25, 0.3) is 0 Å². The van der Waals surface area contributed by atoms with Gasteiger partial charge < -0.3 is 15.2 Å². The molecule has 2 aromatic rings. The predicted molar refractivity (Wildman–Crippen MR) is 65.0 cm³/mol. The van der Waals surface area contributed by atoms with Gasteiger partial charge in [-0.3, -0.25) is 0 Å². The Hall–Kier alpha value is -1.72. The Morgan fingerprint density at radius 2 is 2.24 bits per heavy atom. The van der Waals surface area contributed by atoms with Crippen LogP contribution in [0.5, 0.6) is 5.75 Å². The third kappa shape index (κ3) is 3.37. The van der Waals surface area contributed by atoms with E-state index in [1.807, 2.05) is 18.2 Å². The van der Waals surface area contributed by atoms with Crippen LogP contribution in [0.15, 0.2) is 30.7 Å². The molecule has 0 saturated carbocycles. The van der Waals surface area contributed by atoms with Gasteiger partial charge in [0.2, 0.25) is 0 Å². The first-order valence-corrected chi connectivity index (χ1v) is 5.54. The molecular formula is C12H15N3O2. The van der Waals surface area contributed by atoms with E-state index in [9.17, 15) is 0 Å². The number of aromatic nitrogens is 2. The summed E-state index contributed by atoms with van der Waals surface area (Å²) in [6, 6.07) is 5.73. The Balaban J connectivity index is 1.90. The van der Waals surface area contributed by atoms with E-state index in [0.717, 1.165) is 16.7 Å². The Kier molecular flexibility index (Phi) is 4.23. The second-order valence-electron chi connectivity index (χ2n) is 3.57. The molecule has 2 N–H and O–H groups in total. The van der Waals surface area contributed by atoms with Crippen LogP contribution in [-0.4, -0.2) is 41.4 Å². The molecule has 0 saturated heterocycles. The number of aliphatic hydroxyl groups excluding tert-OH is 1. The van der Waals surface area contributed by atoms with Crippen molar-refractivity contribution in [3.8, 4) is 5.75 Å². The highest BCUT2D eigenvalue weighted by Crippen LogP contribution is 2.17. The van der Waals surface area contributed by atoms with E-state index >= 15 is 0 Å². The first kappa shape index (κ1) is 11.8. The van der Waals surface area contributed by atoms with E-state index in [2.05, 4.69) is 15.3 Å². The van der Waals surface area contributed by atoms with Gasteiger partial charge in [-0.05, 0) is 12.1 Å². The average molecular weight is 233 g/mol. The van der Waals surface area contributed by atoms with Gasteiger partial charge in [0.1, 0.15) is 18.7 Å². The minimum atomic E-state index is 0.146. The summed E-state index contributed by atoms with van der Waals surface area (Å²) < 4.78 is 5.56. The van der Waals surface area contributed by atoms with Gasteiger partial charge in [0.15, 0.2) is 0 Å². The lowest BCUT2D eigenvalue weighted by Gasteiger charge is -2.07. The topological polar surface area (TPSA) is 67.3 Å². The first-order chi connectivity index (χ1) is 8.40. The molecule has 0 atom stereocenters. The molecule has 5 nitrogen and oxygen atoms in total. The fourth-order valence-electron chi connectivity index (χ4n) is 1.49. The molecule has 17 heavy (non-hydrogen) atoms. The van der Waals surface area contributed by atoms with Crippen LogP contribution in [0.25, 0.3) is 10.9 Å². The predicted octanol–water partition coefficient (Wildman–Crippen LogP) is 0.590. The summed E-state index contributed by atoms with van der Waals surface area (Å²) in [5, 5.41) is 12.6. The van der Waals surface area contributed by atoms with Crippen molar-refractivity contribution < 1.29 is 9.84 Å². The van der Waals surface area contributed by atoms with E-state index in [0.29, 0.717) is 19.7 Å². The third-order valence-electron chi connectivity index (χ3n) is 2.32. The lowest BCUT2D eigenvalue weighted by atomic mass is 10.2. The van der Waals surface area contributed by atoms with Crippen LogP contribution in [0.2, 0.25) is 0 Å². The summed E-state index contributed by atoms with van der Waals surface area (Å²) in [6.45, 7) is 2.01. The molecule has 0 bridgehead atoms. The SMILES string of the molecule is OCCNCCOc1ccc2cncnc2c1. The van der Waals surface area contributed by atoms with Crippen LogP contribution in [0.4, 0.5) is 0 Å². The number of nitrogens with one attached hydrogen (secondary N) is 1. The van der Waals surface area contributed by atoms with Gasteiger partial charge in [-0.15, -0.1) is 0 Å². The largest absolute Gasteiger partial charge is 0.492 e. The summed E-state index contributed by atoms with van der Waals surface area (Å²) in [4.78, 5) is 8.11. The highest BCUT2D eigenvalue weighted by molar-refractivity contribution is 5.78. The second-order valence-corrected chi connectivity index (χ2v) is 3.57. The second kappa shape index (κ2) is 6.12. The number of benzene rings is 1. The molecule has 1 heterocycles. The normalized spacial score (nSPS) is 10.6. The summed E-state index contributed by atoms with van der Waals surface area (Å²) in [7, 11) is 0. The zero-order valence-corrected chi connectivity index (χ0v) is 9.47. The lowest BCUT2D eigenvalue weighted by molar-refractivity contribution is 0.276. The zero-order valence-electron chi connectivity index (χ0n) is 9.47. The smallest absolute Gasteiger partial charge is 0.121 e. The van der Waals surface area contributed by atoms with E-state index < -0.39 is 0 Å². The van der Waals surface area contributed by atoms with Crippen molar-refractivity contribution in [2.75, 3.05) is 26.3 Å². The molecule has 5 heteroatoms. The fraction of sp³-hybridized carbons (Fsp3) is 0.333. The third-order valence-corrected chi connectivity index (χ3v) is 2.32. The van der Waals surface area contributed by atoms with Crippen LogP contribution in [0, 0.1) is 0 Å². The van der Waals surface area contributed by atoms with Crippen molar-refractivity contribution in [3.05, 3.63) is 30.7 Å². The van der Waals surface area contributed by atoms with Gasteiger partial charge in [-0.25, -0.2) is 9.97 Å². The number of aliphatic hydroxyl groups is 1. The van der Waals surface area contributed by atoms with Crippen molar-refractivity contribution in [1.29, 1.82) is 0 Å². The molecule has 0 spiro atoms. The molecule has 1 aromatic carbocycles. The molecule has 0 aliphatic rings. The number of hydrogen-bond acceptors (Lipinski definition) is 5. The molecular weight excluding hydrogens is 218 g/mol. The minimum absolute atomic E-state index is 0.146. The van der Waals surface area contributed by atoms with E-state index in [1.165, 1.54) is 6.33 Å². The van der Waals surface area contributed by atoms with Crippen molar-refractivity contribution >= 4 is 10.9 Å². The van der Waals surface area contributed by atoms with E-state index in [-0.39, 0.29) is 6.61 Å². The quantitative estimate of drug-likeness (QED) is 0.715. The Bertz CT molecular complexity index is 476. The standard InChI is InChI=1S/C12H15N3O2/c16-5-3-13-4-6-17-11-2-1-10-8-14-9-15-12(10)7-11/h1-2,7-9,13,16H,3-6H2. The molecule has 90 valence electrons. The van der Waals surface area contributed by atoms with Gasteiger partial charge in [-0.1, -0.05) is 0 Å². The number of fused-ring (bicyclic) bond motifs is 1. The number of rotatable bonds is 6. The van der Waals surface area contributed by atoms with Crippen LogP contribution < -0.4 is 10.1 Å². The van der Waals surface area contributed by atoms with Crippen LogP contribution in [0.1, 0.15) is 0 Å². The van der Waals surface area contributed by atoms with Crippen LogP contribution in [0.3, 0.4) is 0 Å². The molecule has 1 aromatic heterocycles. The summed E-state index contributed by atoms with van der Waals surface area (Å²) in [5.41, 5.74) is 0.876. The maximum Gasteiger partial charge on any atom is 0.121 e. The van der Waals surface area contributed by atoms with Crippen LogP contribution >= 0.6 is 0 Å². The maximum atomic E-state index is 8.58. The summed E-state index contributed by atoms with van der Waals surface area (Å²) in [5.74, 6) is 0.794. The Labute approximate surface area is 99.5 Å². The zero-order chi connectivity index (χ0) is 11.9.